The van der Waals surface area contributed by atoms with Crippen molar-refractivity contribution in [3.63, 3.8) is 0 Å². The van der Waals surface area contributed by atoms with E-state index in [1.165, 1.54) is 0 Å². The van der Waals surface area contributed by atoms with Crippen molar-refractivity contribution in [2.45, 2.75) is 43.5 Å². The van der Waals surface area contributed by atoms with Crippen LogP contribution in [0.25, 0.3) is 0 Å². The maximum atomic E-state index is 12.5. The second-order valence-electron chi connectivity index (χ2n) is 7.17. The zero-order valence-electron chi connectivity index (χ0n) is 14.6. The fourth-order valence-corrected chi connectivity index (χ4v) is 4.65. The van der Waals surface area contributed by atoms with E-state index < -0.39 is 10.1 Å². The third-order valence-corrected chi connectivity index (χ3v) is 6.47. The molecule has 1 fully saturated rings. The Balaban J connectivity index is 1.61. The zero-order valence-corrected chi connectivity index (χ0v) is 15.4. The van der Waals surface area contributed by atoms with Gasteiger partial charge < -0.3 is 9.50 Å². The maximum absolute atomic E-state index is 12.5. The fraction of sp³-hybridized carbons (Fsp3) is 0.350. The van der Waals surface area contributed by atoms with Crippen LogP contribution in [0.1, 0.15) is 29.5 Å². The Morgan fingerprint density at radius 2 is 1.77 bits per heavy atom. The van der Waals surface area contributed by atoms with Crippen molar-refractivity contribution in [2.24, 2.45) is 5.92 Å². The van der Waals surface area contributed by atoms with Crippen LogP contribution < -0.4 is 9.50 Å². The molecule has 136 valence electrons. The van der Waals surface area contributed by atoms with E-state index in [0.717, 1.165) is 29.5 Å². The first-order valence-corrected chi connectivity index (χ1v) is 10.2. The first kappa shape index (κ1) is 17.1. The quantitative estimate of drug-likeness (QED) is 0.842. The summed E-state index contributed by atoms with van der Waals surface area (Å²) in [7, 11) is -3.86. The van der Waals surface area contributed by atoms with Gasteiger partial charge in [-0.25, -0.2) is 0 Å². The highest BCUT2D eigenvalue weighted by Gasteiger charge is 2.32. The number of fused-ring (bicyclic) bond motifs is 2. The van der Waals surface area contributed by atoms with Crippen LogP contribution in [0, 0.1) is 12.8 Å². The minimum atomic E-state index is -3.86. The molecule has 5 rings (SSSR count). The maximum Gasteiger partial charge on any atom is 0.339 e. The molecule has 0 aromatic heterocycles. The zero-order chi connectivity index (χ0) is 18.3. The minimum absolute atomic E-state index is 0.00774. The molecule has 3 aliphatic rings. The molecule has 5 nitrogen and oxygen atoms in total. The van der Waals surface area contributed by atoms with Gasteiger partial charge in [-0.05, 0) is 68.0 Å². The lowest BCUT2D eigenvalue weighted by molar-refractivity contribution is -0.128. The molecule has 2 heterocycles. The molecule has 2 unspecified atom stereocenters. The van der Waals surface area contributed by atoms with E-state index in [9.17, 15) is 13.2 Å². The molecule has 1 saturated heterocycles. The second-order valence-corrected chi connectivity index (χ2v) is 8.72. The van der Waals surface area contributed by atoms with Crippen LogP contribution in [-0.4, -0.2) is 20.4 Å². The number of carbonyl (C=O) groups is 1. The lowest BCUT2D eigenvalue weighted by atomic mass is 9.81. The lowest BCUT2D eigenvalue weighted by Crippen LogP contribution is -2.47. The van der Waals surface area contributed by atoms with Crippen LogP contribution in [0.4, 0.5) is 0 Å². The number of rotatable bonds is 3. The Hall–Kier alpha value is -2.34. The van der Waals surface area contributed by atoms with Crippen molar-refractivity contribution in [2.75, 3.05) is 0 Å². The van der Waals surface area contributed by atoms with Crippen molar-refractivity contribution in [3.05, 3.63) is 59.2 Å². The molecule has 6 heteroatoms. The predicted octanol–water partition coefficient (Wildman–Crippen LogP) is 2.76. The summed E-state index contributed by atoms with van der Waals surface area (Å²) in [6, 6.07) is 12.1. The smallest absolute Gasteiger partial charge is 0.339 e. The molecule has 2 aromatic rings. The summed E-state index contributed by atoms with van der Waals surface area (Å²) in [5.41, 5.74) is 3.15. The fourth-order valence-electron chi connectivity index (χ4n) is 3.73. The van der Waals surface area contributed by atoms with Gasteiger partial charge in [-0.1, -0.05) is 23.8 Å². The monoisotopic (exact) mass is 371 g/mol. The van der Waals surface area contributed by atoms with Gasteiger partial charge in [-0.3, -0.25) is 4.79 Å². The standard InChI is InChI=1S/C20H21NO4S/c1-13-2-8-19(9-3-13)26(23,24)25-18-7-5-14-10-15-4-6-17(21-20(15)22)11-16(14)12-18/h2-3,5,7-9,12,15,17H,4,6,10-11H2,1H3,(H,21,22). The summed E-state index contributed by atoms with van der Waals surface area (Å²) < 4.78 is 30.3. The molecule has 0 radical (unpaired) electrons. The van der Waals surface area contributed by atoms with E-state index in [0.29, 0.717) is 18.6 Å². The van der Waals surface area contributed by atoms with Crippen LogP contribution in [0.15, 0.2) is 47.4 Å². The molecule has 0 spiro atoms. The summed E-state index contributed by atoms with van der Waals surface area (Å²) >= 11 is 0. The van der Waals surface area contributed by atoms with E-state index in [1.807, 2.05) is 13.0 Å². The topological polar surface area (TPSA) is 72.5 Å². The van der Waals surface area contributed by atoms with E-state index in [4.69, 9.17) is 4.18 Å². The van der Waals surface area contributed by atoms with Crippen molar-refractivity contribution in [3.8, 4) is 5.75 Å². The number of aryl methyl sites for hydroxylation is 1. The summed E-state index contributed by atoms with van der Waals surface area (Å²) in [6.07, 6.45) is 3.27. The molecule has 2 bridgehead atoms. The van der Waals surface area contributed by atoms with Crippen molar-refractivity contribution < 1.29 is 17.4 Å². The molecular formula is C20H21NO4S. The SMILES string of the molecule is Cc1ccc(S(=O)(=O)Oc2ccc3c(c2)CC2CCC(C3)C(=O)N2)cc1. The average molecular weight is 371 g/mol. The molecule has 26 heavy (non-hydrogen) atoms. The van der Waals surface area contributed by atoms with Crippen LogP contribution in [0.2, 0.25) is 0 Å². The van der Waals surface area contributed by atoms with Crippen molar-refractivity contribution >= 4 is 16.0 Å². The Morgan fingerprint density at radius 3 is 2.50 bits per heavy atom. The van der Waals surface area contributed by atoms with E-state index in [-0.39, 0.29) is 22.8 Å². The number of amides is 1. The third-order valence-electron chi connectivity index (χ3n) is 5.21. The number of nitrogens with one attached hydrogen (secondary N) is 1. The van der Waals surface area contributed by atoms with E-state index in [1.54, 1.807) is 36.4 Å². The molecular weight excluding hydrogens is 350 g/mol. The number of piperidine rings is 1. The van der Waals surface area contributed by atoms with E-state index >= 15 is 0 Å². The Labute approximate surface area is 153 Å². The predicted molar refractivity (Wildman–Crippen MR) is 97.5 cm³/mol. The van der Waals surface area contributed by atoms with Crippen LogP contribution in [0.5, 0.6) is 5.75 Å². The molecule has 2 aliphatic heterocycles. The summed E-state index contributed by atoms with van der Waals surface area (Å²) in [5.74, 6) is 0.453. The number of hydrogen-bond acceptors (Lipinski definition) is 4. The van der Waals surface area contributed by atoms with Gasteiger partial charge in [0.25, 0.3) is 0 Å². The van der Waals surface area contributed by atoms with Crippen molar-refractivity contribution in [1.29, 1.82) is 0 Å². The number of carbonyl (C=O) groups excluding carboxylic acids is 1. The number of benzene rings is 2. The van der Waals surface area contributed by atoms with Gasteiger partial charge in [0, 0.05) is 12.0 Å². The highest BCUT2D eigenvalue weighted by molar-refractivity contribution is 7.87. The summed E-state index contributed by atoms with van der Waals surface area (Å²) in [5, 5.41) is 3.06. The largest absolute Gasteiger partial charge is 0.379 e. The van der Waals surface area contributed by atoms with Crippen LogP contribution >= 0.6 is 0 Å². The summed E-state index contributed by atoms with van der Waals surface area (Å²) in [6.45, 7) is 1.90. The van der Waals surface area contributed by atoms with Gasteiger partial charge in [-0.15, -0.1) is 0 Å². The van der Waals surface area contributed by atoms with Gasteiger partial charge in [0.05, 0.1) is 0 Å². The first-order valence-electron chi connectivity index (χ1n) is 8.84. The highest BCUT2D eigenvalue weighted by atomic mass is 32.2. The molecule has 0 saturated carbocycles. The summed E-state index contributed by atoms with van der Waals surface area (Å²) in [4.78, 5) is 12.2. The molecule has 1 N–H and O–H groups in total. The minimum Gasteiger partial charge on any atom is -0.379 e. The van der Waals surface area contributed by atoms with Crippen LogP contribution in [-0.2, 0) is 27.8 Å². The molecule has 1 aliphatic carbocycles. The first-order chi connectivity index (χ1) is 12.4. The van der Waals surface area contributed by atoms with Crippen molar-refractivity contribution in [1.82, 2.24) is 5.32 Å². The normalized spacial score (nSPS) is 22.1. The highest BCUT2D eigenvalue weighted by Crippen LogP contribution is 2.31. The number of hydrogen-bond donors (Lipinski definition) is 1. The Kier molecular flexibility index (Phi) is 4.23. The van der Waals surface area contributed by atoms with Gasteiger partial charge in [0.15, 0.2) is 0 Å². The van der Waals surface area contributed by atoms with E-state index in [2.05, 4.69) is 5.32 Å². The van der Waals surface area contributed by atoms with Crippen LogP contribution in [0.3, 0.4) is 0 Å². The van der Waals surface area contributed by atoms with Gasteiger partial charge in [0.1, 0.15) is 10.6 Å². The average Bonchev–Trinajstić information content (AvgIpc) is 2.57. The lowest BCUT2D eigenvalue weighted by Gasteiger charge is -2.33. The Bertz CT molecular complexity index is 950. The third kappa shape index (κ3) is 3.33. The molecule has 2 aromatic carbocycles. The Morgan fingerprint density at radius 1 is 1.00 bits per heavy atom. The molecule has 1 amide bonds. The second kappa shape index (κ2) is 6.43. The molecule has 2 atom stereocenters. The van der Waals surface area contributed by atoms with Gasteiger partial charge in [0.2, 0.25) is 5.91 Å². The van der Waals surface area contributed by atoms with Gasteiger partial charge >= 0.3 is 10.1 Å². The van der Waals surface area contributed by atoms with Gasteiger partial charge in [-0.2, -0.15) is 8.42 Å².